The summed E-state index contributed by atoms with van der Waals surface area (Å²) in [7, 11) is -4.48. The lowest BCUT2D eigenvalue weighted by molar-refractivity contribution is -0.118. The summed E-state index contributed by atoms with van der Waals surface area (Å²) >= 11 is 0. The highest BCUT2D eigenvalue weighted by Crippen LogP contribution is 2.18. The van der Waals surface area contributed by atoms with Gasteiger partial charge in [-0.1, -0.05) is 6.07 Å². The minimum Gasteiger partial charge on any atom is -0.274 e. The molecule has 22 heavy (non-hydrogen) atoms. The van der Waals surface area contributed by atoms with Gasteiger partial charge in [0, 0.05) is 12.4 Å². The molecule has 0 spiro atoms. The first-order chi connectivity index (χ1) is 10.3. The number of hydrogen-bond acceptors (Lipinski definition) is 4. The van der Waals surface area contributed by atoms with Gasteiger partial charge in [0.05, 0.1) is 6.42 Å². The van der Waals surface area contributed by atoms with Crippen molar-refractivity contribution >= 4 is 15.9 Å². The van der Waals surface area contributed by atoms with Crippen LogP contribution >= 0.6 is 0 Å². The van der Waals surface area contributed by atoms with Crippen LogP contribution in [0.1, 0.15) is 11.1 Å². The largest absolute Gasteiger partial charge is 0.274 e. The smallest absolute Gasteiger partial charge is 0.267 e. The molecule has 0 aliphatic heterocycles. The van der Waals surface area contributed by atoms with Gasteiger partial charge in [-0.05, 0) is 36.2 Å². The first kappa shape index (κ1) is 16.0. The molecule has 5 nitrogen and oxygen atoms in total. The molecule has 0 saturated heterocycles. The first-order valence-electron chi connectivity index (χ1n) is 6.20. The van der Waals surface area contributed by atoms with Crippen LogP contribution in [0.15, 0.2) is 41.6 Å². The summed E-state index contributed by atoms with van der Waals surface area (Å²) < 4.78 is 52.8. The van der Waals surface area contributed by atoms with E-state index in [2.05, 4.69) is 4.98 Å². The fourth-order valence-corrected chi connectivity index (χ4v) is 2.82. The fraction of sp³-hybridized carbons (Fsp3) is 0.143. The lowest BCUT2D eigenvalue weighted by Gasteiger charge is -2.09. The molecule has 8 heteroatoms. The van der Waals surface area contributed by atoms with Crippen molar-refractivity contribution in [3.05, 3.63) is 59.4 Å². The van der Waals surface area contributed by atoms with Gasteiger partial charge in [0.15, 0.2) is 0 Å². The summed E-state index contributed by atoms with van der Waals surface area (Å²) in [6, 6.07) is 4.48. The van der Waals surface area contributed by atoms with E-state index in [0.29, 0.717) is 11.6 Å². The number of benzene rings is 1. The van der Waals surface area contributed by atoms with Gasteiger partial charge in [0.25, 0.3) is 10.0 Å². The Labute approximate surface area is 126 Å². The van der Waals surface area contributed by atoms with Gasteiger partial charge in [-0.15, -0.1) is 0 Å². The zero-order valence-corrected chi connectivity index (χ0v) is 12.3. The molecule has 1 aromatic carbocycles. The van der Waals surface area contributed by atoms with Crippen molar-refractivity contribution in [2.24, 2.45) is 0 Å². The number of carbonyl (C=O) groups is 1. The van der Waals surface area contributed by atoms with E-state index in [1.54, 1.807) is 16.9 Å². The van der Waals surface area contributed by atoms with Crippen LogP contribution in [0.25, 0.3) is 0 Å². The fourth-order valence-electron chi connectivity index (χ4n) is 1.76. The Bertz CT molecular complexity index is 808. The van der Waals surface area contributed by atoms with Crippen molar-refractivity contribution < 1.29 is 22.0 Å². The summed E-state index contributed by atoms with van der Waals surface area (Å²) in [6.07, 6.45) is 2.66. The van der Waals surface area contributed by atoms with Crippen LogP contribution in [0.3, 0.4) is 0 Å². The number of amides is 1. The second-order valence-electron chi connectivity index (χ2n) is 4.60. The third-order valence-electron chi connectivity index (χ3n) is 2.84. The molecule has 0 aliphatic carbocycles. The van der Waals surface area contributed by atoms with Crippen LogP contribution < -0.4 is 4.72 Å². The molecular weight excluding hydrogens is 314 g/mol. The van der Waals surface area contributed by atoms with Gasteiger partial charge in [0.1, 0.15) is 16.5 Å². The van der Waals surface area contributed by atoms with Gasteiger partial charge in [0.2, 0.25) is 5.91 Å². The monoisotopic (exact) mass is 326 g/mol. The van der Waals surface area contributed by atoms with E-state index in [-0.39, 0.29) is 12.0 Å². The highest BCUT2D eigenvalue weighted by molar-refractivity contribution is 7.90. The number of aromatic nitrogens is 1. The van der Waals surface area contributed by atoms with Gasteiger partial charge in [-0.2, -0.15) is 0 Å². The summed E-state index contributed by atoms with van der Waals surface area (Å²) in [5, 5.41) is 0. The highest BCUT2D eigenvalue weighted by atomic mass is 32.2. The molecule has 0 aliphatic rings. The number of pyridine rings is 1. The van der Waals surface area contributed by atoms with E-state index >= 15 is 0 Å². The Morgan fingerprint density at radius 1 is 1.27 bits per heavy atom. The number of sulfonamides is 1. The molecule has 1 heterocycles. The molecule has 0 saturated carbocycles. The van der Waals surface area contributed by atoms with Crippen molar-refractivity contribution in [3.63, 3.8) is 0 Å². The molecular formula is C14H12F2N2O3S. The quantitative estimate of drug-likeness (QED) is 0.928. The van der Waals surface area contributed by atoms with Crippen molar-refractivity contribution in [1.29, 1.82) is 0 Å². The maximum Gasteiger partial charge on any atom is 0.267 e. The molecule has 0 radical (unpaired) electrons. The Balaban J connectivity index is 2.21. The number of rotatable bonds is 4. The number of nitrogens with one attached hydrogen (secondary N) is 1. The molecule has 0 bridgehead atoms. The number of nitrogens with zero attached hydrogens (tertiary/aromatic N) is 1. The topological polar surface area (TPSA) is 76.1 Å². The average molecular weight is 326 g/mol. The van der Waals surface area contributed by atoms with E-state index in [1.165, 1.54) is 19.3 Å². The molecule has 2 rings (SSSR count). The van der Waals surface area contributed by atoms with E-state index in [9.17, 15) is 22.0 Å². The molecule has 116 valence electrons. The Morgan fingerprint density at radius 3 is 2.64 bits per heavy atom. The molecule has 0 atom stereocenters. The van der Waals surface area contributed by atoms with Crippen molar-refractivity contribution in [3.8, 4) is 0 Å². The lowest BCUT2D eigenvalue weighted by Crippen LogP contribution is -2.32. The number of hydrogen-bond donors (Lipinski definition) is 1. The minimum atomic E-state index is -4.48. The zero-order chi connectivity index (χ0) is 16.3. The molecule has 1 N–H and O–H groups in total. The van der Waals surface area contributed by atoms with Crippen molar-refractivity contribution in [1.82, 2.24) is 9.71 Å². The van der Waals surface area contributed by atoms with Crippen molar-refractivity contribution in [2.45, 2.75) is 18.2 Å². The van der Waals surface area contributed by atoms with Gasteiger partial charge < -0.3 is 0 Å². The third kappa shape index (κ3) is 3.64. The highest BCUT2D eigenvalue weighted by Gasteiger charge is 2.23. The Morgan fingerprint density at radius 2 is 2.00 bits per heavy atom. The van der Waals surface area contributed by atoms with Crippen LogP contribution in [0, 0.1) is 18.6 Å². The summed E-state index contributed by atoms with van der Waals surface area (Å²) in [4.78, 5) is 14.6. The van der Waals surface area contributed by atoms with Crippen LogP contribution in [-0.4, -0.2) is 19.3 Å². The summed E-state index contributed by atoms with van der Waals surface area (Å²) in [6.45, 7) is 1.30. The number of aryl methyl sites for hydroxylation is 1. The summed E-state index contributed by atoms with van der Waals surface area (Å²) in [5.41, 5.74) is 0.462. The van der Waals surface area contributed by atoms with E-state index < -0.39 is 32.5 Å². The second-order valence-corrected chi connectivity index (χ2v) is 6.25. The SMILES string of the molecule is Cc1cc(F)c(S(=O)(=O)NC(=O)Cc2cccnc2)cc1F. The minimum absolute atomic E-state index is 0.0295. The van der Waals surface area contributed by atoms with Crippen LogP contribution in [0.2, 0.25) is 0 Å². The molecule has 2 aromatic rings. The maximum atomic E-state index is 13.7. The number of halogens is 2. The van der Waals surface area contributed by atoms with Crippen LogP contribution in [0.5, 0.6) is 0 Å². The van der Waals surface area contributed by atoms with Crippen LogP contribution in [0.4, 0.5) is 8.78 Å². The van der Waals surface area contributed by atoms with E-state index in [0.717, 1.165) is 6.07 Å². The third-order valence-corrected chi connectivity index (χ3v) is 4.23. The predicted molar refractivity (Wildman–Crippen MR) is 74.4 cm³/mol. The van der Waals surface area contributed by atoms with Crippen LogP contribution in [-0.2, 0) is 21.2 Å². The van der Waals surface area contributed by atoms with Gasteiger partial charge >= 0.3 is 0 Å². The summed E-state index contributed by atoms with van der Waals surface area (Å²) in [5.74, 6) is -2.87. The molecule has 0 unspecified atom stereocenters. The molecule has 0 fully saturated rings. The maximum absolute atomic E-state index is 13.7. The van der Waals surface area contributed by atoms with Gasteiger partial charge in [-0.3, -0.25) is 9.78 Å². The molecule has 1 aromatic heterocycles. The standard InChI is InChI=1S/C14H12F2N2O3S/c1-9-5-12(16)13(7-11(9)15)22(20,21)18-14(19)6-10-3-2-4-17-8-10/h2-5,7-8H,6H2,1H3,(H,18,19). The average Bonchev–Trinajstić information content (AvgIpc) is 2.43. The van der Waals surface area contributed by atoms with E-state index in [1.807, 2.05) is 0 Å². The first-order valence-corrected chi connectivity index (χ1v) is 7.68. The van der Waals surface area contributed by atoms with E-state index in [4.69, 9.17) is 0 Å². The zero-order valence-electron chi connectivity index (χ0n) is 11.5. The van der Waals surface area contributed by atoms with Crippen molar-refractivity contribution in [2.75, 3.05) is 0 Å². The second kappa shape index (κ2) is 6.18. The Hall–Kier alpha value is -2.35. The molecule has 1 amide bonds. The van der Waals surface area contributed by atoms with Gasteiger partial charge in [-0.25, -0.2) is 21.9 Å². The Kier molecular flexibility index (Phi) is 4.51. The number of carbonyl (C=O) groups excluding carboxylic acids is 1. The predicted octanol–water partition coefficient (Wildman–Crippen LogP) is 1.72. The normalized spacial score (nSPS) is 11.2. The lowest BCUT2D eigenvalue weighted by atomic mass is 10.2.